The van der Waals surface area contributed by atoms with Crippen LogP contribution in [-0.4, -0.2) is 41.4 Å². The van der Waals surface area contributed by atoms with Crippen molar-refractivity contribution in [3.8, 4) is 0 Å². The molecular formula is C18H38O4Si2. The first-order chi connectivity index (χ1) is 10.6. The Morgan fingerprint density at radius 1 is 0.708 bits per heavy atom. The van der Waals surface area contributed by atoms with E-state index in [1.54, 1.807) is 0 Å². The molecule has 0 heterocycles. The van der Waals surface area contributed by atoms with Gasteiger partial charge in [0.25, 0.3) is 0 Å². The predicted octanol–water partition coefficient (Wildman–Crippen LogP) is 4.95. The van der Waals surface area contributed by atoms with Crippen molar-refractivity contribution in [3.05, 3.63) is 0 Å². The smallest absolute Gasteiger partial charge is 0.192 e. The first-order valence-electron chi connectivity index (χ1n) is 8.82. The SMILES string of the molecule is CC(C)(C)[Si](C)(C)OC(CC=O)[C@H](CC=O)O[Si](C)(C)C(C)(C)C. The van der Waals surface area contributed by atoms with Crippen LogP contribution in [0.5, 0.6) is 0 Å². The Morgan fingerprint density at radius 3 is 1.12 bits per heavy atom. The molecule has 24 heavy (non-hydrogen) atoms. The van der Waals surface area contributed by atoms with E-state index in [2.05, 4.69) is 67.7 Å². The van der Waals surface area contributed by atoms with Gasteiger partial charge in [-0.2, -0.15) is 0 Å². The molecule has 0 aliphatic carbocycles. The van der Waals surface area contributed by atoms with Crippen molar-refractivity contribution in [2.45, 2.75) is 103 Å². The Kier molecular flexibility index (Phi) is 8.28. The second kappa shape index (κ2) is 8.38. The van der Waals surface area contributed by atoms with E-state index in [1.807, 2.05) is 0 Å². The Morgan fingerprint density at radius 2 is 0.958 bits per heavy atom. The lowest BCUT2D eigenvalue weighted by Gasteiger charge is -2.44. The van der Waals surface area contributed by atoms with Crippen LogP contribution in [-0.2, 0) is 18.4 Å². The van der Waals surface area contributed by atoms with Crippen LogP contribution in [0.4, 0.5) is 0 Å². The Labute approximate surface area is 151 Å². The van der Waals surface area contributed by atoms with Crippen LogP contribution >= 0.6 is 0 Å². The van der Waals surface area contributed by atoms with Crippen molar-refractivity contribution in [2.24, 2.45) is 0 Å². The second-order valence-corrected chi connectivity index (χ2v) is 19.2. The monoisotopic (exact) mass is 374 g/mol. The first kappa shape index (κ1) is 23.7. The highest BCUT2D eigenvalue weighted by molar-refractivity contribution is 6.74. The van der Waals surface area contributed by atoms with Crippen LogP contribution < -0.4 is 0 Å². The number of hydrogen-bond donors (Lipinski definition) is 0. The van der Waals surface area contributed by atoms with E-state index in [9.17, 15) is 9.59 Å². The summed E-state index contributed by atoms with van der Waals surface area (Å²) in [7, 11) is -4.12. The van der Waals surface area contributed by atoms with Gasteiger partial charge in [0.15, 0.2) is 16.6 Å². The summed E-state index contributed by atoms with van der Waals surface area (Å²) >= 11 is 0. The summed E-state index contributed by atoms with van der Waals surface area (Å²) < 4.78 is 12.9. The zero-order valence-corrected chi connectivity index (χ0v) is 19.4. The molecule has 4 nitrogen and oxygen atoms in total. The maximum absolute atomic E-state index is 11.2. The maximum atomic E-state index is 11.2. The molecule has 1 unspecified atom stereocenters. The molecule has 0 N–H and O–H groups in total. The number of hydrogen-bond acceptors (Lipinski definition) is 4. The first-order valence-corrected chi connectivity index (χ1v) is 14.6. The summed E-state index contributed by atoms with van der Waals surface area (Å²) in [6.07, 6.45) is 1.57. The molecule has 0 fully saturated rings. The standard InChI is InChI=1S/C18H38O4Si2/c1-17(2,3)23(7,8)21-15(11-13-19)16(12-14-20)22-24(9,10)18(4,5)6/h13-16H,11-12H2,1-10H3/t15-,16?/m0/s1. The van der Waals surface area contributed by atoms with Gasteiger partial charge in [-0.05, 0) is 36.3 Å². The minimum Gasteiger partial charge on any atom is -0.411 e. The molecule has 142 valence electrons. The summed E-state index contributed by atoms with van der Waals surface area (Å²) in [6, 6.07) is 0. The maximum Gasteiger partial charge on any atom is 0.192 e. The third-order valence-electron chi connectivity index (χ3n) is 5.58. The van der Waals surface area contributed by atoms with Gasteiger partial charge >= 0.3 is 0 Å². The molecule has 0 aliphatic rings. The molecule has 2 atom stereocenters. The highest BCUT2D eigenvalue weighted by atomic mass is 28.4. The number of carbonyl (C=O) groups is 2. The van der Waals surface area contributed by atoms with Gasteiger partial charge in [-0.25, -0.2) is 0 Å². The molecule has 0 bridgehead atoms. The van der Waals surface area contributed by atoms with Gasteiger partial charge in [-0.15, -0.1) is 0 Å². The summed E-state index contributed by atoms with van der Waals surface area (Å²) in [4.78, 5) is 22.4. The lowest BCUT2D eigenvalue weighted by atomic mass is 10.1. The van der Waals surface area contributed by atoms with E-state index < -0.39 is 16.6 Å². The summed E-state index contributed by atoms with van der Waals surface area (Å²) in [6.45, 7) is 21.7. The Bertz CT molecular complexity index is 380. The molecule has 0 saturated heterocycles. The van der Waals surface area contributed by atoms with E-state index in [0.717, 1.165) is 12.6 Å². The summed E-state index contributed by atoms with van der Waals surface area (Å²) in [5.74, 6) is 0. The quantitative estimate of drug-likeness (QED) is 0.423. The van der Waals surface area contributed by atoms with Crippen molar-refractivity contribution < 1.29 is 18.4 Å². The van der Waals surface area contributed by atoms with Gasteiger partial charge in [-0.1, -0.05) is 41.5 Å². The second-order valence-electron chi connectivity index (χ2n) is 9.64. The van der Waals surface area contributed by atoms with Gasteiger partial charge in [-0.3, -0.25) is 0 Å². The molecule has 0 radical (unpaired) electrons. The van der Waals surface area contributed by atoms with Crippen LogP contribution in [0, 0.1) is 0 Å². The average molecular weight is 375 g/mol. The van der Waals surface area contributed by atoms with Crippen molar-refractivity contribution in [1.82, 2.24) is 0 Å². The number of carbonyl (C=O) groups excluding carboxylic acids is 2. The van der Waals surface area contributed by atoms with Crippen molar-refractivity contribution in [2.75, 3.05) is 0 Å². The summed E-state index contributed by atoms with van der Waals surface area (Å²) in [5, 5.41) is 0.0771. The molecule has 0 aromatic rings. The van der Waals surface area contributed by atoms with Crippen molar-refractivity contribution in [1.29, 1.82) is 0 Å². The molecule has 0 aromatic heterocycles. The molecular weight excluding hydrogens is 336 g/mol. The predicted molar refractivity (Wildman–Crippen MR) is 106 cm³/mol. The highest BCUT2D eigenvalue weighted by Gasteiger charge is 2.44. The molecule has 0 spiro atoms. The van der Waals surface area contributed by atoms with Crippen LogP contribution in [0.2, 0.25) is 36.3 Å². The third-order valence-corrected chi connectivity index (χ3v) is 14.6. The van der Waals surface area contributed by atoms with Crippen LogP contribution in [0.3, 0.4) is 0 Å². The number of aldehydes is 2. The molecule has 6 heteroatoms. The van der Waals surface area contributed by atoms with Gasteiger partial charge < -0.3 is 18.4 Å². The van der Waals surface area contributed by atoms with Gasteiger partial charge in [0.1, 0.15) is 12.6 Å². The molecule has 0 saturated carbocycles. The van der Waals surface area contributed by atoms with Crippen LogP contribution in [0.1, 0.15) is 54.4 Å². The highest BCUT2D eigenvalue weighted by Crippen LogP contribution is 2.41. The number of rotatable bonds is 9. The lowest BCUT2D eigenvalue weighted by molar-refractivity contribution is -0.114. The summed E-state index contributed by atoms with van der Waals surface area (Å²) in [5.41, 5.74) is 0. The minimum absolute atomic E-state index is 0.0385. The topological polar surface area (TPSA) is 52.6 Å². The molecule has 0 aromatic carbocycles. The zero-order valence-electron chi connectivity index (χ0n) is 17.4. The van der Waals surface area contributed by atoms with E-state index in [0.29, 0.717) is 0 Å². The fraction of sp³-hybridized carbons (Fsp3) is 0.889. The Balaban J connectivity index is 5.53. The van der Waals surface area contributed by atoms with Crippen molar-refractivity contribution in [3.63, 3.8) is 0 Å². The van der Waals surface area contributed by atoms with Gasteiger partial charge in [0.05, 0.1) is 12.2 Å². The van der Waals surface area contributed by atoms with E-state index >= 15 is 0 Å². The largest absolute Gasteiger partial charge is 0.411 e. The van der Waals surface area contributed by atoms with E-state index in [1.165, 1.54) is 0 Å². The van der Waals surface area contributed by atoms with Crippen molar-refractivity contribution >= 4 is 29.2 Å². The van der Waals surface area contributed by atoms with Crippen LogP contribution in [0.15, 0.2) is 0 Å². The zero-order chi connectivity index (χ0) is 19.4. The fourth-order valence-corrected chi connectivity index (χ4v) is 4.57. The third kappa shape index (κ3) is 6.54. The fourth-order valence-electron chi connectivity index (χ4n) is 1.85. The average Bonchev–Trinajstić information content (AvgIpc) is 2.34. The molecule has 0 amide bonds. The van der Waals surface area contributed by atoms with Gasteiger partial charge in [0, 0.05) is 12.8 Å². The van der Waals surface area contributed by atoms with E-state index in [-0.39, 0.29) is 35.1 Å². The Hall–Kier alpha value is -0.306. The molecule has 0 aliphatic heterocycles. The normalized spacial score (nSPS) is 16.6. The minimum atomic E-state index is -2.06. The molecule has 0 rings (SSSR count). The lowest BCUT2D eigenvalue weighted by Crippen LogP contribution is -2.52. The van der Waals surface area contributed by atoms with Gasteiger partial charge in [0.2, 0.25) is 0 Å². The van der Waals surface area contributed by atoms with E-state index in [4.69, 9.17) is 8.85 Å². The van der Waals surface area contributed by atoms with Crippen LogP contribution in [0.25, 0.3) is 0 Å².